The van der Waals surface area contributed by atoms with Gasteiger partial charge in [-0.2, -0.15) is 0 Å². The molecule has 2 saturated carbocycles. The first-order chi connectivity index (χ1) is 8.08. The molecular formula is C15H22O2. The van der Waals surface area contributed by atoms with Crippen LogP contribution in [0.4, 0.5) is 0 Å². The van der Waals surface area contributed by atoms with Crippen molar-refractivity contribution in [1.82, 2.24) is 0 Å². The number of hydrogen-bond acceptors (Lipinski definition) is 2. The van der Waals surface area contributed by atoms with Gasteiger partial charge < -0.3 is 4.74 Å². The molecule has 0 unspecified atom stereocenters. The first-order valence-electron chi connectivity index (χ1n) is 6.94. The van der Waals surface area contributed by atoms with Crippen LogP contribution >= 0.6 is 0 Å². The zero-order chi connectivity index (χ0) is 12.2. The Hall–Kier alpha value is -0.790. The summed E-state index contributed by atoms with van der Waals surface area (Å²) in [6.07, 6.45) is 4.68. The van der Waals surface area contributed by atoms with Gasteiger partial charge in [0.05, 0.1) is 5.92 Å². The van der Waals surface area contributed by atoms with E-state index in [1.54, 1.807) is 0 Å². The van der Waals surface area contributed by atoms with E-state index in [0.29, 0.717) is 23.7 Å². The molecule has 94 valence electrons. The van der Waals surface area contributed by atoms with Crippen LogP contribution in [-0.2, 0) is 9.53 Å². The molecule has 3 aliphatic rings. The largest absolute Gasteiger partial charge is 0.462 e. The van der Waals surface area contributed by atoms with Crippen LogP contribution in [0.25, 0.3) is 0 Å². The minimum Gasteiger partial charge on any atom is -0.462 e. The van der Waals surface area contributed by atoms with Gasteiger partial charge in [-0.3, -0.25) is 4.79 Å². The van der Waals surface area contributed by atoms with Gasteiger partial charge in [-0.25, -0.2) is 0 Å². The van der Waals surface area contributed by atoms with Crippen molar-refractivity contribution in [2.45, 2.75) is 45.6 Å². The smallest absolute Gasteiger partial charge is 0.309 e. The number of hydrogen-bond donors (Lipinski definition) is 0. The summed E-state index contributed by atoms with van der Waals surface area (Å²) in [7, 11) is 0. The van der Waals surface area contributed by atoms with Crippen molar-refractivity contribution in [3.63, 3.8) is 0 Å². The van der Waals surface area contributed by atoms with Gasteiger partial charge in [0, 0.05) is 5.92 Å². The molecule has 3 rings (SSSR count). The number of allylic oxidation sites excluding steroid dienone is 1. The maximum atomic E-state index is 11.9. The molecule has 0 bridgehead atoms. The summed E-state index contributed by atoms with van der Waals surface area (Å²) in [5, 5.41) is 0. The van der Waals surface area contributed by atoms with E-state index in [4.69, 9.17) is 4.74 Å². The molecule has 0 radical (unpaired) electrons. The van der Waals surface area contributed by atoms with Crippen LogP contribution in [0.3, 0.4) is 0 Å². The lowest BCUT2D eigenvalue weighted by molar-refractivity contribution is -0.144. The van der Waals surface area contributed by atoms with Crippen LogP contribution in [0.2, 0.25) is 0 Å². The Kier molecular flexibility index (Phi) is 2.57. The molecule has 1 heterocycles. The summed E-state index contributed by atoms with van der Waals surface area (Å²) in [6, 6.07) is 0. The van der Waals surface area contributed by atoms with Crippen LogP contribution in [0.15, 0.2) is 12.2 Å². The number of ether oxygens (including phenoxy) is 1. The number of esters is 1. The van der Waals surface area contributed by atoms with Crippen molar-refractivity contribution in [3.8, 4) is 0 Å². The van der Waals surface area contributed by atoms with Gasteiger partial charge in [-0.15, -0.1) is 0 Å². The Morgan fingerprint density at radius 2 is 2.12 bits per heavy atom. The second-order valence-electron chi connectivity index (χ2n) is 6.39. The molecule has 17 heavy (non-hydrogen) atoms. The molecule has 2 nitrogen and oxygen atoms in total. The van der Waals surface area contributed by atoms with E-state index in [1.165, 1.54) is 12.0 Å². The van der Waals surface area contributed by atoms with Crippen molar-refractivity contribution >= 4 is 5.97 Å². The SMILES string of the molecule is C=C(C)[C@@H]1CC[C@H]2C(=O)O[C@H]3C[C@@H](C)[C@H](C1)[C@@H]32. The fraction of sp³-hybridized carbons (Fsp3) is 0.800. The van der Waals surface area contributed by atoms with Crippen LogP contribution in [0.5, 0.6) is 0 Å². The van der Waals surface area contributed by atoms with Gasteiger partial charge >= 0.3 is 5.97 Å². The molecule has 1 saturated heterocycles. The summed E-state index contributed by atoms with van der Waals surface area (Å²) in [6.45, 7) is 8.59. The highest BCUT2D eigenvalue weighted by atomic mass is 16.6. The summed E-state index contributed by atoms with van der Waals surface area (Å²) < 4.78 is 5.56. The van der Waals surface area contributed by atoms with Gasteiger partial charge in [0.25, 0.3) is 0 Å². The predicted molar refractivity (Wildman–Crippen MR) is 66.3 cm³/mol. The Bertz CT molecular complexity index is 360. The van der Waals surface area contributed by atoms with Crippen molar-refractivity contribution in [1.29, 1.82) is 0 Å². The maximum absolute atomic E-state index is 11.9. The highest BCUT2D eigenvalue weighted by Gasteiger charge is 2.55. The van der Waals surface area contributed by atoms with Gasteiger partial charge in [-0.05, 0) is 50.4 Å². The lowest BCUT2D eigenvalue weighted by atomic mass is 9.79. The summed E-state index contributed by atoms with van der Waals surface area (Å²) in [5.74, 6) is 2.81. The van der Waals surface area contributed by atoms with E-state index in [-0.39, 0.29) is 18.0 Å². The van der Waals surface area contributed by atoms with Crippen LogP contribution in [0.1, 0.15) is 39.5 Å². The van der Waals surface area contributed by atoms with E-state index in [2.05, 4.69) is 20.4 Å². The Balaban J connectivity index is 1.89. The molecule has 3 fully saturated rings. The summed E-state index contributed by atoms with van der Waals surface area (Å²) in [4.78, 5) is 11.9. The van der Waals surface area contributed by atoms with Crippen molar-refractivity contribution < 1.29 is 9.53 Å². The van der Waals surface area contributed by atoms with Crippen LogP contribution in [0, 0.1) is 29.6 Å². The van der Waals surface area contributed by atoms with Crippen LogP contribution in [-0.4, -0.2) is 12.1 Å². The van der Waals surface area contributed by atoms with Gasteiger partial charge in [0.2, 0.25) is 0 Å². The summed E-state index contributed by atoms with van der Waals surface area (Å²) >= 11 is 0. The third-order valence-corrected chi connectivity index (χ3v) is 5.37. The Labute approximate surface area is 103 Å². The van der Waals surface area contributed by atoms with E-state index in [0.717, 1.165) is 19.3 Å². The van der Waals surface area contributed by atoms with E-state index >= 15 is 0 Å². The van der Waals surface area contributed by atoms with Crippen molar-refractivity contribution in [2.24, 2.45) is 29.6 Å². The monoisotopic (exact) mass is 234 g/mol. The molecule has 0 amide bonds. The lowest BCUT2D eigenvalue weighted by Crippen LogP contribution is -2.22. The Morgan fingerprint density at radius 3 is 2.82 bits per heavy atom. The van der Waals surface area contributed by atoms with Gasteiger partial charge in [0.1, 0.15) is 6.10 Å². The van der Waals surface area contributed by atoms with E-state index in [1.807, 2.05) is 0 Å². The third-order valence-electron chi connectivity index (χ3n) is 5.37. The predicted octanol–water partition coefficient (Wildman–Crippen LogP) is 3.18. The fourth-order valence-corrected chi connectivity index (χ4v) is 4.41. The molecule has 2 aliphatic carbocycles. The number of carbonyl (C=O) groups excluding carboxylic acids is 1. The zero-order valence-electron chi connectivity index (χ0n) is 10.8. The first kappa shape index (κ1) is 11.3. The summed E-state index contributed by atoms with van der Waals surface area (Å²) in [5.41, 5.74) is 1.30. The molecule has 0 aromatic rings. The molecule has 0 aromatic carbocycles. The topological polar surface area (TPSA) is 26.3 Å². The van der Waals surface area contributed by atoms with Gasteiger partial charge in [-0.1, -0.05) is 19.1 Å². The molecule has 1 aliphatic heterocycles. The normalized spacial score (nSPS) is 48.5. The number of rotatable bonds is 1. The zero-order valence-corrected chi connectivity index (χ0v) is 10.8. The highest BCUT2D eigenvalue weighted by Crippen LogP contribution is 2.54. The average molecular weight is 234 g/mol. The molecule has 0 N–H and O–H groups in total. The Morgan fingerprint density at radius 1 is 1.35 bits per heavy atom. The average Bonchev–Trinajstić information content (AvgIpc) is 2.62. The molecular weight excluding hydrogens is 212 g/mol. The minimum absolute atomic E-state index is 0.0827. The second kappa shape index (κ2) is 3.86. The molecule has 0 spiro atoms. The van der Waals surface area contributed by atoms with Crippen LogP contribution < -0.4 is 0 Å². The van der Waals surface area contributed by atoms with E-state index < -0.39 is 0 Å². The first-order valence-corrected chi connectivity index (χ1v) is 6.94. The van der Waals surface area contributed by atoms with E-state index in [9.17, 15) is 4.79 Å². The highest BCUT2D eigenvalue weighted by molar-refractivity contribution is 5.75. The molecule has 0 aromatic heterocycles. The molecule has 2 heteroatoms. The van der Waals surface area contributed by atoms with Crippen molar-refractivity contribution in [3.05, 3.63) is 12.2 Å². The maximum Gasteiger partial charge on any atom is 0.309 e. The van der Waals surface area contributed by atoms with Gasteiger partial charge in [0.15, 0.2) is 0 Å². The lowest BCUT2D eigenvalue weighted by Gasteiger charge is -2.23. The molecule has 6 atom stereocenters. The second-order valence-corrected chi connectivity index (χ2v) is 6.39. The van der Waals surface area contributed by atoms with Crippen molar-refractivity contribution in [2.75, 3.05) is 0 Å². The quantitative estimate of drug-likeness (QED) is 0.514. The fourth-order valence-electron chi connectivity index (χ4n) is 4.41. The minimum atomic E-state index is 0.0827. The number of carbonyl (C=O) groups is 1. The third kappa shape index (κ3) is 1.64. The standard InChI is InChI=1S/C15H22O2/c1-8(2)10-4-5-11-14-12(7-10)9(3)6-13(14)17-15(11)16/h9-14H,1,4-7H2,2-3H3/t9-,10-,11-,12+,13+,14+/m1/s1.